The third-order valence-electron chi connectivity index (χ3n) is 4.22. The van der Waals surface area contributed by atoms with Crippen molar-refractivity contribution in [2.24, 2.45) is 0 Å². The average Bonchev–Trinajstić information content (AvgIpc) is 2.77. The standard InChI is InChI=1S/C14H30N2O3S/c1-4-8-15-14(2,12-17)7-5-9-16(3)13-6-10-20(18,19)11-13/h13,15,17H,4-12H2,1-3H3. The molecule has 0 spiro atoms. The highest BCUT2D eigenvalue weighted by Crippen LogP contribution is 2.18. The van der Waals surface area contributed by atoms with Crippen molar-refractivity contribution in [2.45, 2.75) is 51.1 Å². The third-order valence-corrected chi connectivity index (χ3v) is 5.97. The number of aliphatic hydroxyl groups is 1. The quantitative estimate of drug-likeness (QED) is 0.654. The molecule has 5 nitrogen and oxygen atoms in total. The number of hydrogen-bond donors (Lipinski definition) is 2. The van der Waals surface area contributed by atoms with Gasteiger partial charge in [-0.15, -0.1) is 0 Å². The molecule has 120 valence electrons. The molecule has 0 aliphatic carbocycles. The van der Waals surface area contributed by atoms with E-state index in [0.717, 1.165) is 38.8 Å². The molecule has 1 rings (SSSR count). The predicted octanol–water partition coefficient (Wildman–Crippen LogP) is 0.636. The van der Waals surface area contributed by atoms with Gasteiger partial charge in [0, 0.05) is 11.6 Å². The summed E-state index contributed by atoms with van der Waals surface area (Å²) in [6.07, 6.45) is 3.66. The molecule has 6 heteroatoms. The maximum Gasteiger partial charge on any atom is 0.151 e. The summed E-state index contributed by atoms with van der Waals surface area (Å²) < 4.78 is 22.9. The summed E-state index contributed by atoms with van der Waals surface area (Å²) >= 11 is 0. The van der Waals surface area contributed by atoms with E-state index in [-0.39, 0.29) is 18.2 Å². The van der Waals surface area contributed by atoms with E-state index in [1.54, 1.807) is 0 Å². The van der Waals surface area contributed by atoms with Crippen LogP contribution in [0.15, 0.2) is 0 Å². The first-order valence-electron chi connectivity index (χ1n) is 7.58. The fourth-order valence-electron chi connectivity index (χ4n) is 2.67. The van der Waals surface area contributed by atoms with Gasteiger partial charge in [-0.2, -0.15) is 0 Å². The second-order valence-electron chi connectivity index (χ2n) is 6.29. The number of rotatable bonds is 9. The fraction of sp³-hybridized carbons (Fsp3) is 1.00. The van der Waals surface area contributed by atoms with Crippen LogP contribution in [0.3, 0.4) is 0 Å². The lowest BCUT2D eigenvalue weighted by Crippen LogP contribution is -2.46. The molecule has 2 unspecified atom stereocenters. The summed E-state index contributed by atoms with van der Waals surface area (Å²) in [7, 11) is -0.803. The minimum Gasteiger partial charge on any atom is -0.394 e. The van der Waals surface area contributed by atoms with Gasteiger partial charge < -0.3 is 15.3 Å². The minimum absolute atomic E-state index is 0.133. The van der Waals surface area contributed by atoms with Crippen molar-refractivity contribution >= 4 is 9.84 Å². The van der Waals surface area contributed by atoms with Crippen LogP contribution in [0.1, 0.15) is 39.5 Å². The van der Waals surface area contributed by atoms with E-state index in [4.69, 9.17) is 0 Å². The van der Waals surface area contributed by atoms with Crippen molar-refractivity contribution in [3.05, 3.63) is 0 Å². The van der Waals surface area contributed by atoms with Crippen LogP contribution < -0.4 is 5.32 Å². The Hall–Kier alpha value is -0.170. The van der Waals surface area contributed by atoms with E-state index >= 15 is 0 Å². The number of sulfone groups is 1. The Bertz CT molecular complexity index is 386. The Balaban J connectivity index is 2.32. The summed E-state index contributed by atoms with van der Waals surface area (Å²) in [5.41, 5.74) is -0.224. The molecule has 0 aromatic heterocycles. The molecule has 1 aliphatic heterocycles. The highest BCUT2D eigenvalue weighted by molar-refractivity contribution is 7.91. The highest BCUT2D eigenvalue weighted by atomic mass is 32.2. The van der Waals surface area contributed by atoms with Crippen molar-refractivity contribution in [3.8, 4) is 0 Å². The first kappa shape index (κ1) is 17.9. The molecule has 1 saturated heterocycles. The zero-order chi connectivity index (χ0) is 15.2. The monoisotopic (exact) mass is 306 g/mol. The van der Waals surface area contributed by atoms with Crippen LogP contribution in [0.25, 0.3) is 0 Å². The number of hydrogen-bond acceptors (Lipinski definition) is 5. The van der Waals surface area contributed by atoms with Crippen LogP contribution in [-0.2, 0) is 9.84 Å². The molecule has 0 aromatic rings. The Morgan fingerprint density at radius 3 is 2.65 bits per heavy atom. The zero-order valence-corrected chi connectivity index (χ0v) is 13.9. The fourth-order valence-corrected chi connectivity index (χ4v) is 4.48. The molecule has 1 fully saturated rings. The van der Waals surface area contributed by atoms with E-state index in [0.29, 0.717) is 11.5 Å². The van der Waals surface area contributed by atoms with Gasteiger partial charge in [0.15, 0.2) is 9.84 Å². The minimum atomic E-state index is -2.80. The summed E-state index contributed by atoms with van der Waals surface area (Å²) in [5.74, 6) is 0.628. The molecule has 0 bridgehead atoms. The molecule has 2 N–H and O–H groups in total. The molecule has 20 heavy (non-hydrogen) atoms. The molecule has 1 aliphatic rings. The number of nitrogens with zero attached hydrogens (tertiary/aromatic N) is 1. The van der Waals surface area contributed by atoms with Crippen molar-refractivity contribution in [3.63, 3.8) is 0 Å². The Morgan fingerprint density at radius 2 is 2.15 bits per heavy atom. The smallest absolute Gasteiger partial charge is 0.151 e. The summed E-state index contributed by atoms with van der Waals surface area (Å²) in [6, 6.07) is 0.170. The van der Waals surface area contributed by atoms with E-state index < -0.39 is 9.84 Å². The summed E-state index contributed by atoms with van der Waals surface area (Å²) in [5, 5.41) is 12.9. The normalized spacial score (nSPS) is 24.9. The van der Waals surface area contributed by atoms with Crippen LogP contribution in [0, 0.1) is 0 Å². The SMILES string of the molecule is CCCNC(C)(CO)CCCN(C)C1CCS(=O)(=O)C1. The van der Waals surface area contributed by atoms with Crippen molar-refractivity contribution in [1.82, 2.24) is 10.2 Å². The van der Waals surface area contributed by atoms with E-state index in [2.05, 4.69) is 17.1 Å². The van der Waals surface area contributed by atoms with Gasteiger partial charge in [-0.1, -0.05) is 6.92 Å². The van der Waals surface area contributed by atoms with Crippen LogP contribution in [0.2, 0.25) is 0 Å². The zero-order valence-electron chi connectivity index (χ0n) is 13.1. The second kappa shape index (κ2) is 7.73. The Morgan fingerprint density at radius 1 is 1.45 bits per heavy atom. The summed E-state index contributed by atoms with van der Waals surface area (Å²) in [6.45, 7) is 6.08. The molecule has 2 atom stereocenters. The lowest BCUT2D eigenvalue weighted by molar-refractivity contribution is 0.155. The number of aliphatic hydroxyl groups excluding tert-OH is 1. The first-order valence-corrected chi connectivity index (χ1v) is 9.40. The van der Waals surface area contributed by atoms with Gasteiger partial charge in [-0.3, -0.25) is 0 Å². The Kier molecular flexibility index (Phi) is 6.91. The summed E-state index contributed by atoms with van der Waals surface area (Å²) in [4.78, 5) is 2.15. The van der Waals surface area contributed by atoms with Gasteiger partial charge in [0.2, 0.25) is 0 Å². The Labute approximate surface area is 123 Å². The van der Waals surface area contributed by atoms with E-state index in [9.17, 15) is 13.5 Å². The maximum atomic E-state index is 11.5. The van der Waals surface area contributed by atoms with E-state index in [1.807, 2.05) is 14.0 Å². The van der Waals surface area contributed by atoms with E-state index in [1.165, 1.54) is 0 Å². The number of nitrogens with one attached hydrogen (secondary N) is 1. The average molecular weight is 306 g/mol. The molecular formula is C14H30N2O3S. The maximum absolute atomic E-state index is 11.5. The molecule has 0 saturated carbocycles. The lowest BCUT2D eigenvalue weighted by atomic mass is 9.96. The van der Waals surface area contributed by atoms with Gasteiger partial charge >= 0.3 is 0 Å². The van der Waals surface area contributed by atoms with Crippen LogP contribution >= 0.6 is 0 Å². The second-order valence-corrected chi connectivity index (χ2v) is 8.52. The van der Waals surface area contributed by atoms with Crippen LogP contribution in [0.5, 0.6) is 0 Å². The molecule has 1 heterocycles. The first-order chi connectivity index (χ1) is 9.32. The molecular weight excluding hydrogens is 276 g/mol. The third kappa shape index (κ3) is 5.68. The van der Waals surface area contributed by atoms with Crippen LogP contribution in [0.4, 0.5) is 0 Å². The van der Waals surface area contributed by atoms with Gasteiger partial charge in [0.25, 0.3) is 0 Å². The predicted molar refractivity (Wildman–Crippen MR) is 82.7 cm³/mol. The van der Waals surface area contributed by atoms with Crippen molar-refractivity contribution in [2.75, 3.05) is 38.2 Å². The largest absolute Gasteiger partial charge is 0.394 e. The molecule has 0 radical (unpaired) electrons. The highest BCUT2D eigenvalue weighted by Gasteiger charge is 2.30. The van der Waals surface area contributed by atoms with Gasteiger partial charge in [-0.25, -0.2) is 8.42 Å². The van der Waals surface area contributed by atoms with Crippen molar-refractivity contribution in [1.29, 1.82) is 0 Å². The van der Waals surface area contributed by atoms with Gasteiger partial charge in [0.05, 0.1) is 18.1 Å². The van der Waals surface area contributed by atoms with Gasteiger partial charge in [-0.05, 0) is 52.7 Å². The van der Waals surface area contributed by atoms with Gasteiger partial charge in [0.1, 0.15) is 0 Å². The molecule has 0 aromatic carbocycles. The van der Waals surface area contributed by atoms with Crippen molar-refractivity contribution < 1.29 is 13.5 Å². The van der Waals surface area contributed by atoms with Crippen LogP contribution in [-0.4, -0.2) is 68.3 Å². The molecule has 0 amide bonds. The topological polar surface area (TPSA) is 69.6 Å². The lowest BCUT2D eigenvalue weighted by Gasteiger charge is -2.30.